The molecular formula is C21H21NO4. The molecule has 2 aliphatic rings. The molecule has 0 amide bonds. The van der Waals surface area contributed by atoms with E-state index in [2.05, 4.69) is 13.8 Å². The van der Waals surface area contributed by atoms with Crippen molar-refractivity contribution >= 4 is 17.4 Å². The summed E-state index contributed by atoms with van der Waals surface area (Å²) in [6, 6.07) is 5.50. The summed E-state index contributed by atoms with van der Waals surface area (Å²) in [6.07, 6.45) is 7.77. The number of hydrogen-bond acceptors (Lipinski definition) is 5. The van der Waals surface area contributed by atoms with E-state index in [9.17, 15) is 14.7 Å². The van der Waals surface area contributed by atoms with Gasteiger partial charge in [-0.2, -0.15) is 0 Å². The number of esters is 1. The predicted molar refractivity (Wildman–Crippen MR) is 100 cm³/mol. The van der Waals surface area contributed by atoms with Crippen LogP contribution in [0.5, 0.6) is 0 Å². The highest BCUT2D eigenvalue weighted by atomic mass is 16.5. The number of hydrogen-bond donors (Lipinski definition) is 1. The third kappa shape index (κ3) is 2.86. The quantitative estimate of drug-likeness (QED) is 0.651. The van der Waals surface area contributed by atoms with E-state index >= 15 is 0 Å². The van der Waals surface area contributed by atoms with Crippen molar-refractivity contribution in [2.24, 2.45) is 0 Å². The fourth-order valence-electron chi connectivity index (χ4n) is 3.42. The maximum atomic E-state index is 12.0. The lowest BCUT2D eigenvalue weighted by molar-refractivity contribution is -0.111. The molecule has 0 unspecified atom stereocenters. The second-order valence-corrected chi connectivity index (χ2v) is 6.85. The van der Waals surface area contributed by atoms with Crippen molar-refractivity contribution in [1.82, 2.24) is 0 Å². The van der Waals surface area contributed by atoms with Gasteiger partial charge >= 0.3 is 5.97 Å². The number of methoxy groups -OCH3 is 1. The van der Waals surface area contributed by atoms with Gasteiger partial charge in [0.1, 0.15) is 5.76 Å². The zero-order chi connectivity index (χ0) is 19.1. The van der Waals surface area contributed by atoms with Gasteiger partial charge in [0.05, 0.1) is 12.7 Å². The van der Waals surface area contributed by atoms with Gasteiger partial charge in [-0.15, -0.1) is 0 Å². The van der Waals surface area contributed by atoms with Crippen LogP contribution in [-0.4, -0.2) is 31.0 Å². The summed E-state index contributed by atoms with van der Waals surface area (Å²) in [5.74, 6) is -0.464. The molecule has 1 aromatic rings. The van der Waals surface area contributed by atoms with E-state index in [1.54, 1.807) is 12.1 Å². The average molecular weight is 351 g/mol. The van der Waals surface area contributed by atoms with Crippen molar-refractivity contribution in [3.05, 3.63) is 76.7 Å². The molecule has 1 N–H and O–H groups in total. The summed E-state index contributed by atoms with van der Waals surface area (Å²) < 4.78 is 4.82. The summed E-state index contributed by atoms with van der Waals surface area (Å²) in [5, 5.41) is 9.60. The van der Waals surface area contributed by atoms with Crippen LogP contribution in [0.4, 0.5) is 5.69 Å². The Morgan fingerprint density at radius 1 is 1.23 bits per heavy atom. The lowest BCUT2D eigenvalue weighted by Crippen LogP contribution is -2.22. The Labute approximate surface area is 152 Å². The van der Waals surface area contributed by atoms with Gasteiger partial charge in [0.15, 0.2) is 5.78 Å². The van der Waals surface area contributed by atoms with E-state index in [0.29, 0.717) is 11.1 Å². The Morgan fingerprint density at radius 3 is 2.65 bits per heavy atom. The zero-order valence-electron chi connectivity index (χ0n) is 15.2. The van der Waals surface area contributed by atoms with Crippen LogP contribution in [0.2, 0.25) is 0 Å². The van der Waals surface area contributed by atoms with Crippen molar-refractivity contribution in [2.75, 3.05) is 19.1 Å². The number of ether oxygens (including phenoxy) is 1. The van der Waals surface area contributed by atoms with Crippen molar-refractivity contribution in [2.45, 2.75) is 19.3 Å². The number of benzene rings is 1. The number of rotatable bonds is 2. The van der Waals surface area contributed by atoms with Gasteiger partial charge in [-0.3, -0.25) is 4.79 Å². The predicted octanol–water partition coefficient (Wildman–Crippen LogP) is 3.59. The Kier molecular flexibility index (Phi) is 4.32. The molecule has 1 aromatic carbocycles. The highest BCUT2D eigenvalue weighted by molar-refractivity contribution is 6.07. The first-order valence-corrected chi connectivity index (χ1v) is 8.28. The minimum absolute atomic E-state index is 0.0549. The van der Waals surface area contributed by atoms with Crippen LogP contribution in [0.15, 0.2) is 65.6 Å². The summed E-state index contributed by atoms with van der Waals surface area (Å²) >= 11 is 0. The average Bonchev–Trinajstić information content (AvgIpc) is 2.81. The van der Waals surface area contributed by atoms with Crippen LogP contribution in [0.1, 0.15) is 29.8 Å². The molecular weight excluding hydrogens is 330 g/mol. The summed E-state index contributed by atoms with van der Waals surface area (Å²) in [4.78, 5) is 25.8. The molecule has 5 nitrogen and oxygen atoms in total. The summed E-state index contributed by atoms with van der Waals surface area (Å²) in [5.41, 5.74) is 3.57. The number of fused-ring (bicyclic) bond motifs is 1. The maximum Gasteiger partial charge on any atom is 0.337 e. The van der Waals surface area contributed by atoms with Crippen molar-refractivity contribution in [1.29, 1.82) is 0 Å². The molecule has 0 saturated heterocycles. The molecule has 0 bridgehead atoms. The molecule has 1 aliphatic carbocycles. The van der Waals surface area contributed by atoms with Gasteiger partial charge in [-0.25, -0.2) is 4.79 Å². The van der Waals surface area contributed by atoms with E-state index in [4.69, 9.17) is 4.74 Å². The molecule has 0 radical (unpaired) electrons. The van der Waals surface area contributed by atoms with Crippen LogP contribution < -0.4 is 4.90 Å². The largest absolute Gasteiger partial charge is 0.508 e. The molecule has 0 spiro atoms. The van der Waals surface area contributed by atoms with E-state index in [1.807, 2.05) is 30.2 Å². The number of nitrogens with zero attached hydrogens (tertiary/aromatic N) is 1. The molecule has 134 valence electrons. The van der Waals surface area contributed by atoms with Crippen LogP contribution in [0.25, 0.3) is 0 Å². The van der Waals surface area contributed by atoms with Gasteiger partial charge < -0.3 is 14.7 Å². The number of carbonyl (C=O) groups is 2. The summed E-state index contributed by atoms with van der Waals surface area (Å²) in [7, 11) is 3.31. The van der Waals surface area contributed by atoms with Crippen LogP contribution in [-0.2, 0) is 14.9 Å². The first-order valence-electron chi connectivity index (χ1n) is 8.28. The SMILES string of the molecule is COC(=O)c1ccc2c(c1)C(C)(C)/C(=C/C=C1/C=C(O)C=CC1=O)N2C. The fourth-order valence-corrected chi connectivity index (χ4v) is 3.42. The van der Waals surface area contributed by atoms with Gasteiger partial charge in [-0.1, -0.05) is 13.8 Å². The number of allylic oxidation sites excluding steroid dienone is 7. The monoisotopic (exact) mass is 351 g/mol. The highest BCUT2D eigenvalue weighted by Gasteiger charge is 2.38. The minimum atomic E-state index is -0.369. The standard InChI is InChI=1S/C21H21NO4/c1-21(2)16-12-14(20(25)26-4)5-8-17(16)22(3)19(21)10-6-13-11-15(23)7-9-18(13)24/h5-12,23H,1-4H3/b13-6-,19-10-. The number of likely N-dealkylation sites (N-methyl/N-ethyl adjacent to an activating group) is 1. The van der Waals surface area contributed by atoms with Crippen molar-refractivity contribution < 1.29 is 19.4 Å². The first-order chi connectivity index (χ1) is 12.3. The van der Waals surface area contributed by atoms with Crippen LogP contribution in [0, 0.1) is 0 Å². The number of anilines is 1. The van der Waals surface area contributed by atoms with Crippen LogP contribution >= 0.6 is 0 Å². The molecule has 1 heterocycles. The Morgan fingerprint density at radius 2 is 1.96 bits per heavy atom. The Bertz CT molecular complexity index is 916. The molecule has 5 heteroatoms. The number of aliphatic hydroxyl groups excluding tert-OH is 1. The highest BCUT2D eigenvalue weighted by Crippen LogP contribution is 2.47. The van der Waals surface area contributed by atoms with Gasteiger partial charge in [0, 0.05) is 29.4 Å². The lowest BCUT2D eigenvalue weighted by Gasteiger charge is -2.24. The van der Waals surface area contributed by atoms with E-state index in [-0.39, 0.29) is 22.9 Å². The normalized spacial score (nSPS) is 21.2. The maximum absolute atomic E-state index is 12.0. The Balaban J connectivity index is 2.03. The minimum Gasteiger partial charge on any atom is -0.508 e. The lowest BCUT2D eigenvalue weighted by atomic mass is 9.83. The second kappa shape index (κ2) is 6.33. The molecule has 0 fully saturated rings. The van der Waals surface area contributed by atoms with Crippen molar-refractivity contribution in [3.8, 4) is 0 Å². The van der Waals surface area contributed by atoms with Gasteiger partial charge in [0.25, 0.3) is 0 Å². The van der Waals surface area contributed by atoms with Crippen LogP contribution in [0.3, 0.4) is 0 Å². The first kappa shape index (κ1) is 17.7. The van der Waals surface area contributed by atoms with Gasteiger partial charge in [0.2, 0.25) is 0 Å². The molecule has 0 atom stereocenters. The molecule has 1 aliphatic heterocycles. The topological polar surface area (TPSA) is 66.8 Å². The molecule has 3 rings (SSSR count). The number of carbonyl (C=O) groups excluding carboxylic acids is 2. The van der Waals surface area contributed by atoms with Crippen molar-refractivity contribution in [3.63, 3.8) is 0 Å². The molecule has 0 aromatic heterocycles. The Hall–Kier alpha value is -3.08. The third-order valence-corrected chi connectivity index (χ3v) is 4.87. The second-order valence-electron chi connectivity index (χ2n) is 6.85. The molecule has 0 saturated carbocycles. The smallest absolute Gasteiger partial charge is 0.337 e. The molecule has 26 heavy (non-hydrogen) atoms. The van der Waals surface area contributed by atoms with E-state index < -0.39 is 0 Å². The third-order valence-electron chi connectivity index (χ3n) is 4.87. The van der Waals surface area contributed by atoms with Gasteiger partial charge in [-0.05, 0) is 54.1 Å². The summed E-state index contributed by atoms with van der Waals surface area (Å²) in [6.45, 7) is 4.13. The number of ketones is 1. The van der Waals surface area contributed by atoms with E-state index in [0.717, 1.165) is 16.9 Å². The zero-order valence-corrected chi connectivity index (χ0v) is 15.2. The fraction of sp³-hybridized carbons (Fsp3) is 0.238. The van der Waals surface area contributed by atoms with E-state index in [1.165, 1.54) is 25.3 Å². The number of aliphatic hydroxyl groups is 1.